The highest BCUT2D eigenvalue weighted by Crippen LogP contribution is 2.32. The van der Waals surface area contributed by atoms with Gasteiger partial charge in [-0.1, -0.05) is 93.2 Å². The topological polar surface area (TPSA) is 224 Å². The number of hydrogen-bond donors (Lipinski definition) is 3. The van der Waals surface area contributed by atoms with E-state index < -0.39 is 77.1 Å². The van der Waals surface area contributed by atoms with E-state index in [9.17, 15) is 24.0 Å². The van der Waals surface area contributed by atoms with E-state index in [1.165, 1.54) is 24.9 Å². The summed E-state index contributed by atoms with van der Waals surface area (Å²) >= 11 is 0. The van der Waals surface area contributed by atoms with Gasteiger partial charge in [0.1, 0.15) is 54.4 Å². The quantitative estimate of drug-likeness (QED) is 0.0962. The number of hydrogen-bond acceptors (Lipinski definition) is 12. The van der Waals surface area contributed by atoms with Crippen LogP contribution in [0.2, 0.25) is 0 Å². The van der Waals surface area contributed by atoms with Crippen LogP contribution in [0, 0.1) is 16.7 Å². The molecule has 1 aromatic heterocycles. The van der Waals surface area contributed by atoms with Gasteiger partial charge in [-0.25, -0.2) is 14.3 Å². The number of likely N-dealkylation sites (tertiary alicyclic amines) is 1. The van der Waals surface area contributed by atoms with Crippen LogP contribution in [-0.4, -0.2) is 111 Å². The molecule has 346 valence electrons. The van der Waals surface area contributed by atoms with Gasteiger partial charge in [0.2, 0.25) is 17.7 Å². The second kappa shape index (κ2) is 21.3. The number of nitrogens with one attached hydrogen (secondary N) is 2. The van der Waals surface area contributed by atoms with E-state index in [1.807, 2.05) is 60.7 Å². The summed E-state index contributed by atoms with van der Waals surface area (Å²) in [7, 11) is 1.44. The molecule has 0 spiro atoms. The molecule has 17 nitrogen and oxygen atoms in total. The van der Waals surface area contributed by atoms with E-state index in [-0.39, 0.29) is 32.6 Å². The van der Waals surface area contributed by atoms with Crippen LogP contribution in [0.4, 0.5) is 4.79 Å². The smallest absolute Gasteiger partial charge is 0.410 e. The van der Waals surface area contributed by atoms with Gasteiger partial charge >= 0.3 is 12.1 Å². The number of benzene rings is 3. The Labute approximate surface area is 380 Å². The zero-order chi connectivity index (χ0) is 47.6. The lowest BCUT2D eigenvalue weighted by Crippen LogP contribution is -2.60. The predicted octanol–water partition coefficient (Wildman–Crippen LogP) is 4.79. The van der Waals surface area contributed by atoms with Crippen molar-refractivity contribution in [2.24, 2.45) is 11.1 Å². The number of carbonyl (C=O) groups is 5. The van der Waals surface area contributed by atoms with E-state index in [2.05, 4.69) is 27.5 Å². The van der Waals surface area contributed by atoms with Gasteiger partial charge in [0.25, 0.3) is 0 Å². The fourth-order valence-corrected chi connectivity index (χ4v) is 7.28. The van der Waals surface area contributed by atoms with E-state index >= 15 is 0 Å². The largest absolute Gasteiger partial charge is 0.487 e. The molecule has 0 bridgehead atoms. The van der Waals surface area contributed by atoms with Crippen LogP contribution in [-0.2, 0) is 48.1 Å². The molecule has 0 unspecified atom stereocenters. The number of nitriles is 1. The predicted molar refractivity (Wildman–Crippen MR) is 243 cm³/mol. The molecule has 0 aliphatic carbocycles. The fourth-order valence-electron chi connectivity index (χ4n) is 7.28. The van der Waals surface area contributed by atoms with Gasteiger partial charge in [0, 0.05) is 32.9 Å². The standard InChI is InChI=1S/C48H61N9O8/c1-10-21-63-45(61)39(24-32-15-18-33-13-11-12-14-34(33)22-32)51-43(59)40-25-37(57-27-36(53-54-57)29-64-38-19-16-31(17-20-38)23-35(50)26-49)28-56(40)44(60)41(47(3,4)5)52-42(58)30(2)55(9)46(62)65-48(6,7)8/h10-20,22,27,30,35,37,39-41H,1,21,23-25,28-29,50H2,2-9H3,(H,51,59)(H,52,58)/t30-,35+,37-,39-,40-,41+/m0/s1. The van der Waals surface area contributed by atoms with Crippen molar-refractivity contribution in [3.05, 3.63) is 102 Å². The molecule has 6 atom stereocenters. The first kappa shape index (κ1) is 49.2. The van der Waals surface area contributed by atoms with Crippen molar-refractivity contribution >= 4 is 40.6 Å². The van der Waals surface area contributed by atoms with E-state index in [1.54, 1.807) is 64.6 Å². The maximum absolute atomic E-state index is 14.9. The average Bonchev–Trinajstić information content (AvgIpc) is 3.93. The van der Waals surface area contributed by atoms with E-state index in [4.69, 9.17) is 25.2 Å². The Morgan fingerprint density at radius 1 is 0.985 bits per heavy atom. The molecular weight excluding hydrogens is 831 g/mol. The van der Waals surface area contributed by atoms with Crippen molar-refractivity contribution in [3.8, 4) is 11.8 Å². The third-order valence-electron chi connectivity index (χ3n) is 11.0. The van der Waals surface area contributed by atoms with Crippen molar-refractivity contribution in [1.29, 1.82) is 5.26 Å². The third kappa shape index (κ3) is 13.4. The number of rotatable bonds is 17. The van der Waals surface area contributed by atoms with Gasteiger partial charge in [-0.3, -0.25) is 19.3 Å². The van der Waals surface area contributed by atoms with Gasteiger partial charge in [0.15, 0.2) is 0 Å². The Hall–Kier alpha value is -6.80. The lowest BCUT2D eigenvalue weighted by atomic mass is 9.85. The Kier molecular flexibility index (Phi) is 16.1. The molecule has 1 aliphatic heterocycles. The maximum Gasteiger partial charge on any atom is 0.410 e. The van der Waals surface area contributed by atoms with Gasteiger partial charge in [-0.15, -0.1) is 5.10 Å². The fraction of sp³-hybridized carbons (Fsp3) is 0.458. The SMILES string of the molecule is C=CCOC(=O)[C@H](Cc1ccc2ccccc2c1)NC(=O)[C@@H]1C[C@H](n2cc(COc3ccc(C[C@@H](N)C#N)cc3)nn2)CN1C(=O)[C@@H](NC(=O)[C@H](C)N(C)C(=O)OC(C)(C)C)C(C)(C)C. The molecule has 1 aliphatic rings. The normalized spacial score (nSPS) is 16.9. The van der Waals surface area contributed by atoms with Crippen molar-refractivity contribution in [3.63, 3.8) is 0 Å². The first-order valence-corrected chi connectivity index (χ1v) is 21.6. The number of esters is 1. The van der Waals surface area contributed by atoms with Crippen molar-refractivity contribution in [2.75, 3.05) is 20.2 Å². The van der Waals surface area contributed by atoms with Gasteiger partial charge in [-0.05, 0) is 67.1 Å². The molecule has 4 amide bonds. The number of amides is 4. The van der Waals surface area contributed by atoms with Crippen LogP contribution in [0.3, 0.4) is 0 Å². The summed E-state index contributed by atoms with van der Waals surface area (Å²) in [6.07, 6.45) is 2.99. The molecule has 4 N–H and O–H groups in total. The van der Waals surface area contributed by atoms with Gasteiger partial charge < -0.3 is 35.5 Å². The van der Waals surface area contributed by atoms with Crippen LogP contribution in [0.5, 0.6) is 5.75 Å². The zero-order valence-corrected chi connectivity index (χ0v) is 38.4. The van der Waals surface area contributed by atoms with Gasteiger partial charge in [0.05, 0.1) is 24.3 Å². The lowest BCUT2D eigenvalue weighted by Gasteiger charge is -2.37. The summed E-state index contributed by atoms with van der Waals surface area (Å²) in [6.45, 7) is 15.7. The number of nitrogens with two attached hydrogens (primary N) is 1. The maximum atomic E-state index is 14.9. The second-order valence-corrected chi connectivity index (χ2v) is 18.4. The molecule has 4 aromatic rings. The number of fused-ring (bicyclic) bond motifs is 1. The van der Waals surface area contributed by atoms with Crippen LogP contribution in [0.1, 0.15) is 77.7 Å². The summed E-state index contributed by atoms with van der Waals surface area (Å²) in [5, 5.41) is 25.4. The molecule has 1 fully saturated rings. The summed E-state index contributed by atoms with van der Waals surface area (Å²) in [6, 6.07) is 17.2. The summed E-state index contributed by atoms with van der Waals surface area (Å²) in [5.74, 6) is -1.88. The molecule has 5 rings (SSSR count). The second-order valence-electron chi connectivity index (χ2n) is 18.4. The van der Waals surface area contributed by atoms with E-state index in [0.29, 0.717) is 17.9 Å². The number of carbonyl (C=O) groups excluding carboxylic acids is 5. The molecule has 3 aromatic carbocycles. The number of aromatic nitrogens is 3. The summed E-state index contributed by atoms with van der Waals surface area (Å²) in [5.41, 5.74) is 6.24. The average molecular weight is 892 g/mol. The molecule has 65 heavy (non-hydrogen) atoms. The molecule has 1 saturated heterocycles. The highest BCUT2D eigenvalue weighted by molar-refractivity contribution is 5.95. The number of ether oxygens (including phenoxy) is 3. The summed E-state index contributed by atoms with van der Waals surface area (Å²) < 4.78 is 18.4. The van der Waals surface area contributed by atoms with E-state index in [0.717, 1.165) is 26.8 Å². The minimum Gasteiger partial charge on any atom is -0.487 e. The Morgan fingerprint density at radius 2 is 1.66 bits per heavy atom. The molecular formula is C48H61N9O8. The van der Waals surface area contributed by atoms with Crippen LogP contribution in [0.25, 0.3) is 10.8 Å². The minimum atomic E-state index is -1.16. The van der Waals surface area contributed by atoms with Gasteiger partial charge in [-0.2, -0.15) is 5.26 Å². The number of likely N-dealkylation sites (N-methyl/N-ethyl adjacent to an activating group) is 1. The first-order chi connectivity index (χ1) is 30.7. The molecule has 0 radical (unpaired) electrons. The van der Waals surface area contributed by atoms with Crippen molar-refractivity contribution in [1.82, 2.24) is 35.4 Å². The Bertz CT molecular complexity index is 2380. The van der Waals surface area contributed by atoms with Crippen LogP contribution < -0.4 is 21.1 Å². The highest BCUT2D eigenvalue weighted by atomic mass is 16.6. The van der Waals surface area contributed by atoms with Crippen molar-refractivity contribution < 1.29 is 38.2 Å². The monoisotopic (exact) mass is 891 g/mol. The number of nitrogens with zero attached hydrogens (tertiary/aromatic N) is 6. The van der Waals surface area contributed by atoms with Crippen LogP contribution >= 0.6 is 0 Å². The highest BCUT2D eigenvalue weighted by Gasteiger charge is 2.47. The molecule has 17 heteroatoms. The molecule has 0 saturated carbocycles. The lowest BCUT2D eigenvalue weighted by molar-refractivity contribution is -0.148. The molecule has 2 heterocycles. The first-order valence-electron chi connectivity index (χ1n) is 21.6. The van der Waals surface area contributed by atoms with Crippen LogP contribution in [0.15, 0.2) is 85.6 Å². The van der Waals surface area contributed by atoms with Crippen molar-refractivity contribution in [2.45, 2.75) is 116 Å². The Morgan fingerprint density at radius 3 is 2.31 bits per heavy atom. The third-order valence-corrected chi connectivity index (χ3v) is 11.0. The Balaban J connectivity index is 1.41. The zero-order valence-electron chi connectivity index (χ0n) is 38.4. The minimum absolute atomic E-state index is 0.00105. The summed E-state index contributed by atoms with van der Waals surface area (Å²) in [4.78, 5) is 72.3.